The lowest BCUT2D eigenvalue weighted by atomic mass is 9.96. The smallest absolute Gasteiger partial charge is 0.111 e. The molecule has 36 heavy (non-hydrogen) atoms. The van der Waals surface area contributed by atoms with E-state index in [1.807, 2.05) is 0 Å². The minimum atomic E-state index is 0.590. The molecule has 0 saturated carbocycles. The Morgan fingerprint density at radius 3 is 1.36 bits per heavy atom. The first-order valence-corrected chi connectivity index (χ1v) is 16.8. The Kier molecular flexibility index (Phi) is 22.7. The normalized spacial score (nSPS) is 13.3. The first-order valence-electron chi connectivity index (χ1n) is 16.8. The number of imidazole rings is 1. The maximum absolute atomic E-state index is 4.85. The lowest BCUT2D eigenvalue weighted by molar-refractivity contribution is 0.425. The minimum Gasteiger partial charge on any atom is -0.332 e. The fraction of sp³-hybridized carbons (Fsp3) is 0.912. The molecule has 0 radical (unpaired) electrons. The first-order chi connectivity index (χ1) is 17.7. The van der Waals surface area contributed by atoms with Crippen molar-refractivity contribution < 1.29 is 0 Å². The highest BCUT2D eigenvalue weighted by Crippen LogP contribution is 2.28. The molecular formula is C34H66N2. The third-order valence-corrected chi connectivity index (χ3v) is 8.41. The number of unbranched alkanes of at least 4 members (excludes halogenated alkanes) is 20. The Bertz CT molecular complexity index is 563. The van der Waals surface area contributed by atoms with Crippen molar-refractivity contribution in [3.63, 3.8) is 0 Å². The fourth-order valence-corrected chi connectivity index (χ4v) is 5.83. The predicted octanol–water partition coefficient (Wildman–Crippen LogP) is 12.3. The standard InChI is InChI=1S/C34H66N2/c1-5-8-10-12-14-16-18-20-22-24-26-28-32(4)36-31-30-35-34(36)33(7-3)29-27-25-23-21-19-17-15-13-11-9-6-2/h30-33H,5-29H2,1-4H3. The van der Waals surface area contributed by atoms with Gasteiger partial charge in [0.05, 0.1) is 0 Å². The minimum absolute atomic E-state index is 0.590. The van der Waals surface area contributed by atoms with Crippen LogP contribution in [0.2, 0.25) is 0 Å². The van der Waals surface area contributed by atoms with Crippen LogP contribution in [0.1, 0.15) is 206 Å². The van der Waals surface area contributed by atoms with Crippen LogP contribution in [-0.2, 0) is 0 Å². The van der Waals surface area contributed by atoms with Gasteiger partial charge in [0.15, 0.2) is 0 Å². The SMILES string of the molecule is CCCCCCCCCCCCCC(CC)c1nccn1C(C)CCCCCCCCCCCCC. The fourth-order valence-electron chi connectivity index (χ4n) is 5.83. The molecule has 1 rings (SSSR count). The summed E-state index contributed by atoms with van der Waals surface area (Å²) in [6.07, 6.45) is 39.5. The van der Waals surface area contributed by atoms with Gasteiger partial charge in [-0.3, -0.25) is 0 Å². The van der Waals surface area contributed by atoms with Crippen molar-refractivity contribution >= 4 is 0 Å². The molecule has 0 aliphatic heterocycles. The maximum atomic E-state index is 4.85. The summed E-state index contributed by atoms with van der Waals surface area (Å²) in [6, 6.07) is 0.590. The van der Waals surface area contributed by atoms with E-state index in [1.165, 1.54) is 166 Å². The van der Waals surface area contributed by atoms with E-state index in [2.05, 4.69) is 44.7 Å². The molecular weight excluding hydrogens is 436 g/mol. The summed E-state index contributed by atoms with van der Waals surface area (Å²) in [7, 11) is 0. The summed E-state index contributed by atoms with van der Waals surface area (Å²) in [5.41, 5.74) is 0. The summed E-state index contributed by atoms with van der Waals surface area (Å²) in [5.74, 6) is 2.00. The van der Waals surface area contributed by atoms with Gasteiger partial charge in [0.1, 0.15) is 5.82 Å². The Morgan fingerprint density at radius 2 is 0.944 bits per heavy atom. The molecule has 0 amide bonds. The molecule has 0 fully saturated rings. The molecule has 212 valence electrons. The molecule has 2 heteroatoms. The Morgan fingerprint density at radius 1 is 0.556 bits per heavy atom. The summed E-state index contributed by atoms with van der Waals surface area (Å²) in [4.78, 5) is 4.85. The van der Waals surface area contributed by atoms with Gasteiger partial charge in [-0.05, 0) is 26.2 Å². The second-order valence-electron chi connectivity index (χ2n) is 11.8. The van der Waals surface area contributed by atoms with E-state index in [4.69, 9.17) is 4.98 Å². The van der Waals surface area contributed by atoms with Gasteiger partial charge in [0.2, 0.25) is 0 Å². The molecule has 2 nitrogen and oxygen atoms in total. The highest BCUT2D eigenvalue weighted by molar-refractivity contribution is 5.02. The van der Waals surface area contributed by atoms with Crippen molar-refractivity contribution in [3.8, 4) is 0 Å². The summed E-state index contributed by atoms with van der Waals surface area (Å²) >= 11 is 0. The lowest BCUT2D eigenvalue weighted by Gasteiger charge is -2.21. The zero-order valence-corrected chi connectivity index (χ0v) is 25.4. The molecule has 1 heterocycles. The zero-order valence-electron chi connectivity index (χ0n) is 25.4. The molecule has 0 bridgehead atoms. The van der Waals surface area contributed by atoms with Crippen molar-refractivity contribution in [2.45, 2.75) is 200 Å². The number of aromatic nitrogens is 2. The Labute approximate surface area is 227 Å². The third-order valence-electron chi connectivity index (χ3n) is 8.41. The highest BCUT2D eigenvalue weighted by atomic mass is 15.1. The molecule has 0 spiro atoms. The summed E-state index contributed by atoms with van der Waals surface area (Å²) in [6.45, 7) is 9.38. The Hall–Kier alpha value is -0.790. The van der Waals surface area contributed by atoms with Gasteiger partial charge in [-0.2, -0.15) is 0 Å². The van der Waals surface area contributed by atoms with E-state index in [0.29, 0.717) is 12.0 Å². The van der Waals surface area contributed by atoms with Gasteiger partial charge in [0, 0.05) is 24.4 Å². The molecule has 2 atom stereocenters. The van der Waals surface area contributed by atoms with Gasteiger partial charge >= 0.3 is 0 Å². The van der Waals surface area contributed by atoms with Gasteiger partial charge < -0.3 is 4.57 Å². The molecule has 0 saturated heterocycles. The van der Waals surface area contributed by atoms with Crippen molar-refractivity contribution in [1.82, 2.24) is 9.55 Å². The van der Waals surface area contributed by atoms with Crippen LogP contribution in [0, 0.1) is 0 Å². The van der Waals surface area contributed by atoms with Crippen LogP contribution >= 0.6 is 0 Å². The van der Waals surface area contributed by atoms with Crippen molar-refractivity contribution in [2.24, 2.45) is 0 Å². The highest BCUT2D eigenvalue weighted by Gasteiger charge is 2.17. The van der Waals surface area contributed by atoms with Crippen LogP contribution in [0.15, 0.2) is 12.4 Å². The van der Waals surface area contributed by atoms with Gasteiger partial charge in [-0.15, -0.1) is 0 Å². The van der Waals surface area contributed by atoms with E-state index in [1.54, 1.807) is 0 Å². The van der Waals surface area contributed by atoms with Crippen molar-refractivity contribution in [1.29, 1.82) is 0 Å². The van der Waals surface area contributed by atoms with Gasteiger partial charge in [-0.1, -0.05) is 162 Å². The second-order valence-corrected chi connectivity index (χ2v) is 11.8. The van der Waals surface area contributed by atoms with E-state index in [-0.39, 0.29) is 0 Å². The van der Waals surface area contributed by atoms with Crippen molar-refractivity contribution in [3.05, 3.63) is 18.2 Å². The molecule has 1 aromatic rings. The molecule has 0 aliphatic rings. The largest absolute Gasteiger partial charge is 0.332 e. The number of nitrogens with zero attached hydrogens (tertiary/aromatic N) is 2. The third kappa shape index (κ3) is 16.9. The van der Waals surface area contributed by atoms with E-state index in [9.17, 15) is 0 Å². The van der Waals surface area contributed by atoms with E-state index < -0.39 is 0 Å². The predicted molar refractivity (Wildman–Crippen MR) is 162 cm³/mol. The summed E-state index contributed by atoms with van der Waals surface area (Å²) < 4.78 is 2.52. The van der Waals surface area contributed by atoms with Gasteiger partial charge in [0.25, 0.3) is 0 Å². The monoisotopic (exact) mass is 503 g/mol. The molecule has 0 N–H and O–H groups in total. The van der Waals surface area contributed by atoms with Crippen molar-refractivity contribution in [2.75, 3.05) is 0 Å². The van der Waals surface area contributed by atoms with Crippen LogP contribution in [0.25, 0.3) is 0 Å². The zero-order chi connectivity index (χ0) is 26.1. The number of rotatable bonds is 27. The maximum Gasteiger partial charge on any atom is 0.111 e. The molecule has 2 unspecified atom stereocenters. The van der Waals surface area contributed by atoms with Crippen LogP contribution in [-0.4, -0.2) is 9.55 Å². The van der Waals surface area contributed by atoms with E-state index in [0.717, 1.165) is 0 Å². The lowest BCUT2D eigenvalue weighted by Crippen LogP contribution is -2.12. The quantitative estimate of drug-likeness (QED) is 0.109. The average molecular weight is 503 g/mol. The number of hydrogen-bond donors (Lipinski definition) is 0. The first kappa shape index (κ1) is 33.2. The molecule has 0 aliphatic carbocycles. The second kappa shape index (κ2) is 24.5. The van der Waals surface area contributed by atoms with Gasteiger partial charge in [-0.25, -0.2) is 4.98 Å². The van der Waals surface area contributed by atoms with Crippen LogP contribution in [0.4, 0.5) is 0 Å². The van der Waals surface area contributed by atoms with Crippen LogP contribution < -0.4 is 0 Å². The Balaban J connectivity index is 2.13. The van der Waals surface area contributed by atoms with E-state index >= 15 is 0 Å². The average Bonchev–Trinajstić information content (AvgIpc) is 3.38. The topological polar surface area (TPSA) is 17.8 Å². The number of hydrogen-bond acceptors (Lipinski definition) is 1. The van der Waals surface area contributed by atoms with Crippen LogP contribution in [0.3, 0.4) is 0 Å². The molecule has 0 aromatic carbocycles. The molecule has 1 aromatic heterocycles. The van der Waals surface area contributed by atoms with Crippen LogP contribution in [0.5, 0.6) is 0 Å². The summed E-state index contributed by atoms with van der Waals surface area (Å²) in [5, 5.41) is 0.